The third kappa shape index (κ3) is 102. The summed E-state index contributed by atoms with van der Waals surface area (Å²) in [7, 11) is 0. The van der Waals surface area contributed by atoms with Gasteiger partial charge in [-0.2, -0.15) is 0 Å². The molecule has 6 aromatic carbocycles. The Hall–Kier alpha value is 20.0. The maximum absolute atomic E-state index is 3.39. The van der Waals surface area contributed by atoms with Crippen molar-refractivity contribution in [3.05, 3.63) is 126 Å². The second-order valence-corrected chi connectivity index (χ2v) is 10.5. The van der Waals surface area contributed by atoms with E-state index in [1.165, 1.54) is 66.1 Å². The molecule has 6 aromatic rings. The van der Waals surface area contributed by atoms with E-state index < -0.39 is 0 Å². The molecule has 90 heavy (non-hydrogen) atoms. The largest absolute Gasteiger partial charge is 0.384 e. The maximum Gasteiger partial charge on any atom is 0.0379 e. The Morgan fingerprint density at radius 1 is 0.156 bits per heavy atom. The summed E-state index contributed by atoms with van der Waals surface area (Å²) < 4.78 is 0. The molecule has 9 rings (SSSR count). The molecule has 0 saturated heterocycles. The smallest absolute Gasteiger partial charge is 0.0379 e. The summed E-state index contributed by atoms with van der Waals surface area (Å²) in [4.78, 5) is 0. The average Bonchev–Trinajstić information content (AvgIpc) is 3.78. The van der Waals surface area contributed by atoms with Gasteiger partial charge in [-0.15, -0.1) is 866 Å². The molecule has 0 fully saturated rings. The van der Waals surface area contributed by atoms with Crippen LogP contribution in [0.1, 0.15) is 16.7 Å². The van der Waals surface area contributed by atoms with Gasteiger partial charge in [-0.3, -0.25) is 0 Å². The third-order valence-electron chi connectivity index (χ3n) is 8.19. The highest BCUT2D eigenvalue weighted by Crippen LogP contribution is 2.32. The summed E-state index contributed by atoms with van der Waals surface area (Å²) in [5.74, 6) is 0. The minimum Gasteiger partial charge on any atom is -0.384 e. The van der Waals surface area contributed by atoms with Gasteiger partial charge in [0, 0.05) is 36.7 Å². The number of fused-ring (bicyclic) bond motifs is 9. The van der Waals surface area contributed by atoms with Gasteiger partial charge in [0.25, 0.3) is 0 Å². The Bertz CT molecular complexity index is 1680. The predicted octanol–water partition coefficient (Wildman–Crippen LogP) is 37.9. The zero-order valence-corrected chi connectivity index (χ0v) is 130. The molecule has 3 N–H and O–H groups in total. The SMILES string of the molecule is Br.Br.Br.Br.Br.Br.Br.Br.Br.Br.Br.Br.Br.Br.Br.Br.Br.Br.Br.Br.Br.Br.Br.Br.Br.Br.Br.Br.Br.Br.Br.Br.Br.Br.Br.Br.Br.Br.Br.Br.Br.Br.Br.Br.Br.Br.Br.Br.Br.Br.Br.c1ccc2c3c(ccc2c1)NCC3.c1ccc2c3c(ccc2c1)NCC3.c1ccc2c3c(ccc2c1)NCC3. The van der Waals surface area contributed by atoms with Crippen LogP contribution in [0.25, 0.3) is 32.3 Å². The van der Waals surface area contributed by atoms with E-state index in [4.69, 9.17) is 0 Å². The van der Waals surface area contributed by atoms with Crippen LogP contribution < -0.4 is 16.0 Å². The molecule has 0 atom stereocenters. The molecule has 3 nitrogen and oxygen atoms in total. The van der Waals surface area contributed by atoms with Gasteiger partial charge in [-0.1, -0.05) is 91.0 Å². The van der Waals surface area contributed by atoms with Crippen molar-refractivity contribution in [1.82, 2.24) is 0 Å². The van der Waals surface area contributed by atoms with Crippen LogP contribution in [0, 0.1) is 0 Å². The number of hydrogen-bond acceptors (Lipinski definition) is 3. The van der Waals surface area contributed by atoms with E-state index in [1.807, 2.05) is 0 Å². The van der Waals surface area contributed by atoms with E-state index >= 15 is 0 Å². The Labute approximate surface area is 1070 Å². The lowest BCUT2D eigenvalue weighted by molar-refractivity contribution is 1.11. The van der Waals surface area contributed by atoms with Gasteiger partial charge in [-0.05, 0) is 86.5 Å². The van der Waals surface area contributed by atoms with Gasteiger partial charge in [0.05, 0.1) is 0 Å². The Balaban J connectivity index is -0.00000000612. The van der Waals surface area contributed by atoms with Crippen LogP contribution in [-0.2, 0) is 19.3 Å². The van der Waals surface area contributed by atoms with Crippen molar-refractivity contribution in [3.63, 3.8) is 0 Å². The number of benzene rings is 6. The van der Waals surface area contributed by atoms with E-state index in [0.717, 1.165) is 38.9 Å². The fourth-order valence-electron chi connectivity index (χ4n) is 6.28. The topological polar surface area (TPSA) is 36.1 Å². The molecular weight excluding hydrogens is 4550 g/mol. The van der Waals surface area contributed by atoms with Gasteiger partial charge >= 0.3 is 0 Å². The second kappa shape index (κ2) is 185. The first-order chi connectivity index (χ1) is 19.3. The zero-order chi connectivity index (χ0) is 26.0. The summed E-state index contributed by atoms with van der Waals surface area (Å²) in [6, 6.07) is 38.9. The first kappa shape index (κ1) is 309. The van der Waals surface area contributed by atoms with Crippen LogP contribution in [0.3, 0.4) is 0 Å². The van der Waals surface area contributed by atoms with E-state index in [0.29, 0.717) is 0 Å². The minimum atomic E-state index is 0. The summed E-state index contributed by atoms with van der Waals surface area (Å²) in [6.45, 7) is 3.26. The van der Waals surface area contributed by atoms with Crippen molar-refractivity contribution < 1.29 is 0 Å². The van der Waals surface area contributed by atoms with Crippen LogP contribution in [0.2, 0.25) is 0 Å². The highest BCUT2D eigenvalue weighted by atomic mass is 80.0. The molecule has 0 amide bonds. The van der Waals surface area contributed by atoms with E-state index in [9.17, 15) is 0 Å². The van der Waals surface area contributed by atoms with E-state index in [1.54, 1.807) is 0 Å². The van der Waals surface area contributed by atoms with Crippen molar-refractivity contribution >= 4 is 915 Å². The van der Waals surface area contributed by atoms with Crippen molar-refractivity contribution in [3.8, 4) is 0 Å². The van der Waals surface area contributed by atoms with Crippen LogP contribution in [0.15, 0.2) is 109 Å². The maximum atomic E-state index is 3.39. The number of hydrogen-bond donors (Lipinski definition) is 3. The Kier molecular flexibility index (Phi) is 634. The van der Waals surface area contributed by atoms with Crippen LogP contribution in [0.4, 0.5) is 17.1 Å². The molecule has 0 bridgehead atoms. The molecule has 3 aliphatic heterocycles. The lowest BCUT2D eigenvalue weighted by Crippen LogP contribution is -1.90. The number of anilines is 3. The molecular formula is C36H84Br51N3. The Morgan fingerprint density at radius 2 is 0.289 bits per heavy atom. The Morgan fingerprint density at radius 3 is 0.433 bits per heavy atom. The monoisotopic (exact) mass is 4580 g/mol. The quantitative estimate of drug-likeness (QED) is 0.142. The van der Waals surface area contributed by atoms with Crippen LogP contribution in [-0.4, -0.2) is 19.6 Å². The van der Waals surface area contributed by atoms with Crippen molar-refractivity contribution in [1.29, 1.82) is 0 Å². The van der Waals surface area contributed by atoms with Crippen LogP contribution >= 0.6 is 866 Å². The zero-order valence-electron chi connectivity index (χ0n) is 43.0. The molecule has 600 valence electrons. The number of nitrogens with one attached hydrogen (secondary N) is 3. The van der Waals surface area contributed by atoms with Crippen molar-refractivity contribution in [2.75, 3.05) is 35.6 Å². The van der Waals surface area contributed by atoms with Gasteiger partial charge in [0.2, 0.25) is 0 Å². The summed E-state index contributed by atoms with van der Waals surface area (Å²) in [5.41, 5.74) is 8.41. The minimum absolute atomic E-state index is 0. The lowest BCUT2D eigenvalue weighted by Gasteiger charge is -2.03. The summed E-state index contributed by atoms with van der Waals surface area (Å²) in [5, 5.41) is 18.5. The van der Waals surface area contributed by atoms with Gasteiger partial charge in [0.1, 0.15) is 0 Å². The highest BCUT2D eigenvalue weighted by Gasteiger charge is 2.13. The summed E-state index contributed by atoms with van der Waals surface area (Å²) >= 11 is 0. The first-order valence-corrected chi connectivity index (χ1v) is 14.1. The molecule has 0 spiro atoms. The lowest BCUT2D eigenvalue weighted by atomic mass is 10.0. The van der Waals surface area contributed by atoms with Crippen LogP contribution in [0.5, 0.6) is 0 Å². The highest BCUT2D eigenvalue weighted by molar-refractivity contribution is 8.98. The first-order valence-electron chi connectivity index (χ1n) is 14.1. The van der Waals surface area contributed by atoms with Gasteiger partial charge < -0.3 is 16.0 Å². The van der Waals surface area contributed by atoms with Crippen molar-refractivity contribution in [2.45, 2.75) is 19.3 Å². The number of rotatable bonds is 0. The molecule has 3 aliphatic rings. The van der Waals surface area contributed by atoms with Gasteiger partial charge in [0.15, 0.2) is 0 Å². The van der Waals surface area contributed by atoms with Crippen molar-refractivity contribution in [2.24, 2.45) is 0 Å². The molecule has 0 radical (unpaired) electrons. The molecule has 0 saturated carbocycles. The fourth-order valence-corrected chi connectivity index (χ4v) is 6.28. The third-order valence-corrected chi connectivity index (χ3v) is 8.19. The molecule has 54 heteroatoms. The van der Waals surface area contributed by atoms with E-state index in [-0.39, 0.29) is 866 Å². The summed E-state index contributed by atoms with van der Waals surface area (Å²) in [6.07, 6.45) is 3.49. The second-order valence-electron chi connectivity index (χ2n) is 10.5. The predicted molar refractivity (Wildman–Crippen MR) is 695 cm³/mol. The van der Waals surface area contributed by atoms with Gasteiger partial charge in [-0.25, -0.2) is 0 Å². The molecule has 3 heterocycles. The molecule has 0 unspecified atom stereocenters. The standard InChI is InChI=1S/3C12H11N.51BrH/c3*1-2-4-10-9(3-1)5-6-12-11(10)7-8-13-12;;;;;;;;;;;;;;;;;;;;;;;;;;;;;;;;;;;;;;;;;;;;;;;;;;;/h3*1-6,13H,7-8H2;51*1H. The normalized spacial score (nSPS) is 6.13. The average molecular weight is 4630 g/mol. The fraction of sp³-hybridized carbons (Fsp3) is 0.167. The molecule has 0 aliphatic carbocycles. The number of halogens is 51. The van der Waals surface area contributed by atoms with E-state index in [2.05, 4.69) is 125 Å². The molecule has 0 aromatic heterocycles.